The van der Waals surface area contributed by atoms with E-state index >= 15 is 0 Å². The van der Waals surface area contributed by atoms with Crippen LogP contribution in [0.2, 0.25) is 5.02 Å². The highest BCUT2D eigenvalue weighted by molar-refractivity contribution is 8.02. The predicted octanol–water partition coefficient (Wildman–Crippen LogP) is 6.21. The predicted molar refractivity (Wildman–Crippen MR) is 110 cm³/mol. The Morgan fingerprint density at radius 2 is 1.90 bits per heavy atom. The van der Waals surface area contributed by atoms with Crippen LogP contribution in [-0.2, 0) is 11.0 Å². The minimum Gasteiger partial charge on any atom is -0.328 e. The summed E-state index contributed by atoms with van der Waals surface area (Å²) in [6.07, 6.45) is -4.56. The molecule has 0 aliphatic heterocycles. The van der Waals surface area contributed by atoms with Gasteiger partial charge in [0.05, 0.1) is 27.2 Å². The molecule has 0 aliphatic rings. The first kappa shape index (κ1) is 22.3. The van der Waals surface area contributed by atoms with Gasteiger partial charge in [0.15, 0.2) is 4.34 Å². The Morgan fingerprint density at radius 3 is 2.60 bits per heavy atom. The lowest BCUT2D eigenvalue weighted by molar-refractivity contribution is -0.137. The van der Waals surface area contributed by atoms with E-state index in [1.807, 2.05) is 0 Å². The number of hydrogen-bond donors (Lipinski definition) is 2. The minimum absolute atomic E-state index is 0.0131. The number of anilines is 3. The van der Waals surface area contributed by atoms with Gasteiger partial charge in [-0.15, -0.1) is 10.2 Å². The Kier molecular flexibility index (Phi) is 6.84. The topological polar surface area (TPSA) is 66.9 Å². The van der Waals surface area contributed by atoms with Crippen molar-refractivity contribution in [2.75, 3.05) is 10.6 Å². The van der Waals surface area contributed by atoms with Gasteiger partial charge in [0.1, 0.15) is 5.82 Å². The molecule has 1 atom stereocenters. The number of carbonyl (C=O) groups is 1. The van der Waals surface area contributed by atoms with Crippen LogP contribution in [0.5, 0.6) is 0 Å². The fourth-order valence-electron chi connectivity index (χ4n) is 2.22. The maximum Gasteiger partial charge on any atom is 0.416 e. The molecule has 2 N–H and O–H groups in total. The second kappa shape index (κ2) is 9.19. The van der Waals surface area contributed by atoms with E-state index in [-0.39, 0.29) is 16.4 Å². The number of amides is 1. The molecular weight excluding hydrogens is 464 g/mol. The SMILES string of the molecule is CC(Sc1nnc(Nc2ccccc2F)s1)C(=O)Nc1cc(C(F)(F)F)ccc1Cl. The molecule has 5 nitrogen and oxygen atoms in total. The number of thioether (sulfide) groups is 1. The molecular formula is C18H13ClF4N4OS2. The number of benzene rings is 2. The number of nitrogens with one attached hydrogen (secondary N) is 2. The molecule has 0 saturated heterocycles. The molecule has 2 aromatic carbocycles. The second-order valence-electron chi connectivity index (χ2n) is 5.92. The van der Waals surface area contributed by atoms with Gasteiger partial charge in [0.25, 0.3) is 0 Å². The number of halogens is 5. The maximum absolute atomic E-state index is 13.7. The van der Waals surface area contributed by atoms with Crippen LogP contribution in [0.4, 0.5) is 34.1 Å². The van der Waals surface area contributed by atoms with Crippen molar-refractivity contribution in [3.05, 3.63) is 58.9 Å². The third kappa shape index (κ3) is 5.61. The van der Waals surface area contributed by atoms with E-state index in [1.54, 1.807) is 25.1 Å². The van der Waals surface area contributed by atoms with E-state index < -0.39 is 28.7 Å². The number of hydrogen-bond acceptors (Lipinski definition) is 6. The van der Waals surface area contributed by atoms with Gasteiger partial charge >= 0.3 is 6.18 Å². The lowest BCUT2D eigenvalue weighted by Crippen LogP contribution is -2.22. The van der Waals surface area contributed by atoms with Gasteiger partial charge in [0, 0.05) is 0 Å². The van der Waals surface area contributed by atoms with Crippen molar-refractivity contribution in [1.82, 2.24) is 10.2 Å². The van der Waals surface area contributed by atoms with Crippen molar-refractivity contribution in [3.8, 4) is 0 Å². The average molecular weight is 477 g/mol. The van der Waals surface area contributed by atoms with Crippen LogP contribution in [-0.4, -0.2) is 21.4 Å². The number of carbonyl (C=O) groups excluding carboxylic acids is 1. The van der Waals surface area contributed by atoms with Gasteiger partial charge in [-0.25, -0.2) is 4.39 Å². The highest BCUT2D eigenvalue weighted by Crippen LogP contribution is 2.35. The molecule has 1 unspecified atom stereocenters. The fraction of sp³-hybridized carbons (Fsp3) is 0.167. The van der Waals surface area contributed by atoms with Gasteiger partial charge in [0.2, 0.25) is 11.0 Å². The van der Waals surface area contributed by atoms with Gasteiger partial charge in [-0.1, -0.05) is 46.8 Å². The van der Waals surface area contributed by atoms with Crippen LogP contribution < -0.4 is 10.6 Å². The zero-order valence-corrected chi connectivity index (χ0v) is 17.5. The van der Waals surface area contributed by atoms with Crippen LogP contribution in [0.3, 0.4) is 0 Å². The van der Waals surface area contributed by atoms with E-state index in [0.717, 1.165) is 41.3 Å². The Bertz CT molecular complexity index is 1060. The summed E-state index contributed by atoms with van der Waals surface area (Å²) in [5.41, 5.74) is -0.825. The minimum atomic E-state index is -4.56. The van der Waals surface area contributed by atoms with Gasteiger partial charge in [-0.05, 0) is 37.3 Å². The van der Waals surface area contributed by atoms with Crippen molar-refractivity contribution < 1.29 is 22.4 Å². The van der Waals surface area contributed by atoms with E-state index in [4.69, 9.17) is 11.6 Å². The molecule has 3 rings (SSSR count). The molecule has 1 heterocycles. The highest BCUT2D eigenvalue weighted by Gasteiger charge is 2.31. The smallest absolute Gasteiger partial charge is 0.328 e. The summed E-state index contributed by atoms with van der Waals surface area (Å²) in [6.45, 7) is 1.56. The molecule has 3 aromatic rings. The zero-order chi connectivity index (χ0) is 21.9. The second-order valence-corrected chi connectivity index (χ2v) is 8.89. The highest BCUT2D eigenvalue weighted by atomic mass is 35.5. The Hall–Kier alpha value is -2.37. The molecule has 1 amide bonds. The summed E-state index contributed by atoms with van der Waals surface area (Å²) in [4.78, 5) is 12.4. The number of alkyl halides is 3. The van der Waals surface area contributed by atoms with Crippen molar-refractivity contribution in [2.45, 2.75) is 22.7 Å². The van der Waals surface area contributed by atoms with E-state index in [0.29, 0.717) is 9.47 Å². The molecule has 0 bridgehead atoms. The number of aromatic nitrogens is 2. The number of nitrogens with zero attached hydrogens (tertiary/aromatic N) is 2. The Labute approximate surface area is 181 Å². The zero-order valence-electron chi connectivity index (χ0n) is 15.1. The average Bonchev–Trinajstić information content (AvgIpc) is 3.11. The lowest BCUT2D eigenvalue weighted by atomic mass is 10.2. The summed E-state index contributed by atoms with van der Waals surface area (Å²) in [5.74, 6) is -1.01. The summed E-state index contributed by atoms with van der Waals surface area (Å²) >= 11 is 8.06. The van der Waals surface area contributed by atoms with Crippen LogP contribution >= 0.6 is 34.7 Å². The first-order chi connectivity index (χ1) is 14.1. The molecule has 158 valence electrons. The number of rotatable bonds is 6. The van der Waals surface area contributed by atoms with Gasteiger partial charge < -0.3 is 10.6 Å². The Morgan fingerprint density at radius 1 is 1.17 bits per heavy atom. The van der Waals surface area contributed by atoms with Crippen LogP contribution in [0.25, 0.3) is 0 Å². The largest absolute Gasteiger partial charge is 0.416 e. The van der Waals surface area contributed by atoms with Gasteiger partial charge in [-0.2, -0.15) is 13.2 Å². The van der Waals surface area contributed by atoms with Crippen LogP contribution in [0.1, 0.15) is 12.5 Å². The van der Waals surface area contributed by atoms with Crippen molar-refractivity contribution in [2.24, 2.45) is 0 Å². The summed E-state index contributed by atoms with van der Waals surface area (Å²) in [6, 6.07) is 8.73. The third-order valence-electron chi connectivity index (χ3n) is 3.72. The summed E-state index contributed by atoms with van der Waals surface area (Å²) in [5, 5.41) is 12.6. The fourth-order valence-corrected chi connectivity index (χ4v) is 4.30. The maximum atomic E-state index is 13.7. The third-order valence-corrected chi connectivity index (χ3v) is 6.07. The monoisotopic (exact) mass is 476 g/mol. The first-order valence-corrected chi connectivity index (χ1v) is 10.4. The Balaban J connectivity index is 1.64. The van der Waals surface area contributed by atoms with Crippen LogP contribution in [0, 0.1) is 5.82 Å². The number of para-hydroxylation sites is 1. The molecule has 30 heavy (non-hydrogen) atoms. The van der Waals surface area contributed by atoms with Crippen molar-refractivity contribution in [1.29, 1.82) is 0 Å². The molecule has 0 aliphatic carbocycles. The standard InChI is InChI=1S/C18H13ClF4N4OS2/c1-9(15(28)24-14-8-10(18(21,22)23)6-7-11(14)19)29-17-27-26-16(30-17)25-13-5-3-2-4-12(13)20/h2-9H,1H3,(H,24,28)(H,25,26). The van der Waals surface area contributed by atoms with Crippen molar-refractivity contribution >= 4 is 57.1 Å². The van der Waals surface area contributed by atoms with Gasteiger partial charge in [-0.3, -0.25) is 4.79 Å². The molecule has 12 heteroatoms. The van der Waals surface area contributed by atoms with E-state index in [9.17, 15) is 22.4 Å². The molecule has 0 fully saturated rings. The van der Waals surface area contributed by atoms with Crippen molar-refractivity contribution in [3.63, 3.8) is 0 Å². The molecule has 0 radical (unpaired) electrons. The van der Waals surface area contributed by atoms with E-state index in [1.165, 1.54) is 6.07 Å². The molecule has 1 aromatic heterocycles. The quantitative estimate of drug-likeness (QED) is 0.327. The summed E-state index contributed by atoms with van der Waals surface area (Å²) in [7, 11) is 0. The lowest BCUT2D eigenvalue weighted by Gasteiger charge is -2.14. The normalized spacial score (nSPS) is 12.5. The first-order valence-electron chi connectivity index (χ1n) is 8.33. The molecule has 0 saturated carbocycles. The van der Waals surface area contributed by atoms with Crippen LogP contribution in [0.15, 0.2) is 46.8 Å². The van der Waals surface area contributed by atoms with E-state index in [2.05, 4.69) is 20.8 Å². The summed E-state index contributed by atoms with van der Waals surface area (Å²) < 4.78 is 52.7. The molecule has 0 spiro atoms.